The molecule has 150 valence electrons. The van der Waals surface area contributed by atoms with Crippen molar-refractivity contribution in [2.75, 3.05) is 38.7 Å². The molecule has 3 rings (SSSR count). The number of hydrogen-bond acceptors (Lipinski definition) is 6. The summed E-state index contributed by atoms with van der Waals surface area (Å²) in [5, 5.41) is 2.81. The second-order valence-corrected chi connectivity index (χ2v) is 7.64. The topological polar surface area (TPSA) is 120 Å². The molecule has 28 heavy (non-hydrogen) atoms. The highest BCUT2D eigenvalue weighted by Gasteiger charge is 2.20. The Labute approximate surface area is 167 Å². The van der Waals surface area contributed by atoms with Crippen LogP contribution in [0.2, 0.25) is 0 Å². The first-order chi connectivity index (χ1) is 13.5. The van der Waals surface area contributed by atoms with Gasteiger partial charge in [0.15, 0.2) is 0 Å². The summed E-state index contributed by atoms with van der Waals surface area (Å²) in [7, 11) is 1.68. The van der Waals surface area contributed by atoms with E-state index in [0.29, 0.717) is 18.2 Å². The number of benzene rings is 1. The molecule has 5 N–H and O–H groups in total. The lowest BCUT2D eigenvalue weighted by molar-refractivity contribution is -0.0631. The van der Waals surface area contributed by atoms with Gasteiger partial charge in [0.1, 0.15) is 5.00 Å². The third kappa shape index (κ3) is 5.08. The van der Waals surface area contributed by atoms with Crippen LogP contribution in [-0.4, -0.2) is 56.4 Å². The molecule has 1 aliphatic rings. The lowest BCUT2D eigenvalue weighted by Crippen LogP contribution is -2.43. The van der Waals surface area contributed by atoms with Gasteiger partial charge in [0, 0.05) is 31.6 Å². The first kappa shape index (κ1) is 20.3. The van der Waals surface area contributed by atoms with Crippen molar-refractivity contribution < 1.29 is 19.1 Å². The van der Waals surface area contributed by atoms with Crippen LogP contribution < -0.4 is 16.8 Å². The maximum atomic E-state index is 11.6. The highest BCUT2D eigenvalue weighted by molar-refractivity contribution is 7.20. The Morgan fingerprint density at radius 1 is 1.32 bits per heavy atom. The van der Waals surface area contributed by atoms with Crippen molar-refractivity contribution in [3.63, 3.8) is 0 Å². The van der Waals surface area contributed by atoms with E-state index in [1.165, 1.54) is 16.9 Å². The molecule has 0 saturated carbocycles. The smallest absolute Gasteiger partial charge is 0.317 e. The Bertz CT molecular complexity index is 835. The van der Waals surface area contributed by atoms with Crippen LogP contribution >= 0.6 is 11.3 Å². The predicted molar refractivity (Wildman–Crippen MR) is 108 cm³/mol. The number of nitrogens with zero attached hydrogens (tertiary/aromatic N) is 1. The molecule has 0 bridgehead atoms. The Morgan fingerprint density at radius 3 is 2.71 bits per heavy atom. The minimum Gasteiger partial charge on any atom is -0.382 e. The third-order valence-electron chi connectivity index (χ3n) is 4.45. The van der Waals surface area contributed by atoms with Gasteiger partial charge in [-0.3, -0.25) is 15.0 Å². The lowest BCUT2D eigenvalue weighted by atomic mass is 10.1. The fraction of sp³-hybridized carbons (Fsp3) is 0.368. The number of primary amides is 2. The molecule has 1 saturated heterocycles. The molecule has 1 fully saturated rings. The van der Waals surface area contributed by atoms with Crippen molar-refractivity contribution in [1.29, 1.82) is 0 Å². The number of ether oxygens (including phenoxy) is 2. The van der Waals surface area contributed by atoms with E-state index < -0.39 is 11.9 Å². The standard InChI is InChI=1S/C19H24N4O4S/c1-26-11-14-10-23(6-7-27-14)9-12-2-4-13(5-3-12)16-8-15(17(20)24)18(28-16)22-19(21)25/h2-5,8,14H,6-7,9-11H2,1H3,(H2,20,24)(H3,21,22,25). The van der Waals surface area contributed by atoms with Gasteiger partial charge in [-0.25, -0.2) is 4.79 Å². The zero-order valence-corrected chi connectivity index (χ0v) is 16.5. The van der Waals surface area contributed by atoms with Crippen molar-refractivity contribution in [1.82, 2.24) is 4.90 Å². The molecule has 9 heteroatoms. The van der Waals surface area contributed by atoms with Crippen LogP contribution in [0.3, 0.4) is 0 Å². The molecule has 1 unspecified atom stereocenters. The third-order valence-corrected chi connectivity index (χ3v) is 5.55. The zero-order chi connectivity index (χ0) is 20.1. The van der Waals surface area contributed by atoms with Gasteiger partial charge < -0.3 is 20.9 Å². The van der Waals surface area contributed by atoms with E-state index in [4.69, 9.17) is 20.9 Å². The molecule has 0 spiro atoms. The summed E-state index contributed by atoms with van der Waals surface area (Å²) in [4.78, 5) is 25.9. The van der Waals surface area contributed by atoms with Crippen LogP contribution in [0, 0.1) is 0 Å². The summed E-state index contributed by atoms with van der Waals surface area (Å²) in [5.41, 5.74) is 12.9. The second-order valence-electron chi connectivity index (χ2n) is 6.59. The molecule has 0 aliphatic carbocycles. The average molecular weight is 404 g/mol. The van der Waals surface area contributed by atoms with Gasteiger partial charge in [-0.2, -0.15) is 0 Å². The Balaban J connectivity index is 1.70. The van der Waals surface area contributed by atoms with E-state index in [9.17, 15) is 9.59 Å². The number of carbonyl (C=O) groups is 2. The number of anilines is 1. The van der Waals surface area contributed by atoms with Crippen LogP contribution in [0.4, 0.5) is 9.80 Å². The van der Waals surface area contributed by atoms with Crippen LogP contribution in [0.1, 0.15) is 15.9 Å². The van der Waals surface area contributed by atoms with Gasteiger partial charge in [0.25, 0.3) is 5.91 Å². The van der Waals surface area contributed by atoms with Crippen LogP contribution in [0.15, 0.2) is 30.3 Å². The summed E-state index contributed by atoms with van der Waals surface area (Å²) >= 11 is 1.26. The Morgan fingerprint density at radius 2 is 2.07 bits per heavy atom. The SMILES string of the molecule is COCC1CN(Cc2ccc(-c3cc(C(N)=O)c(NC(N)=O)s3)cc2)CCO1. The van der Waals surface area contributed by atoms with Crippen LogP contribution in [0.5, 0.6) is 0 Å². The molecule has 1 aliphatic heterocycles. The monoisotopic (exact) mass is 404 g/mol. The number of nitrogens with two attached hydrogens (primary N) is 2. The fourth-order valence-corrected chi connectivity index (χ4v) is 4.24. The molecule has 0 radical (unpaired) electrons. The summed E-state index contributed by atoms with van der Waals surface area (Å²) in [6.07, 6.45) is 0.104. The normalized spacial score (nSPS) is 17.4. The van der Waals surface area contributed by atoms with Gasteiger partial charge in [-0.1, -0.05) is 24.3 Å². The summed E-state index contributed by atoms with van der Waals surface area (Å²) in [6.45, 7) is 3.85. The van der Waals surface area contributed by atoms with Crippen molar-refractivity contribution in [2.45, 2.75) is 12.6 Å². The van der Waals surface area contributed by atoms with E-state index in [1.807, 2.05) is 12.1 Å². The Kier molecular flexibility index (Phi) is 6.63. The predicted octanol–water partition coefficient (Wildman–Crippen LogP) is 1.85. The first-order valence-corrected chi connectivity index (χ1v) is 9.70. The minimum atomic E-state index is -0.733. The molecule has 1 aromatic heterocycles. The molecule has 8 nitrogen and oxygen atoms in total. The number of rotatable bonds is 7. The van der Waals surface area contributed by atoms with Gasteiger partial charge in [-0.15, -0.1) is 11.3 Å². The number of nitrogens with one attached hydrogen (secondary N) is 1. The number of thiophene rings is 1. The van der Waals surface area contributed by atoms with E-state index >= 15 is 0 Å². The number of morpholine rings is 1. The molecule has 2 heterocycles. The van der Waals surface area contributed by atoms with Gasteiger partial charge in [-0.05, 0) is 17.2 Å². The second kappa shape index (κ2) is 9.16. The Hall–Kier alpha value is -2.46. The van der Waals surface area contributed by atoms with Crippen molar-refractivity contribution in [3.8, 4) is 10.4 Å². The van der Waals surface area contributed by atoms with Gasteiger partial charge >= 0.3 is 6.03 Å². The number of hydrogen-bond donors (Lipinski definition) is 3. The van der Waals surface area contributed by atoms with E-state index in [-0.39, 0.29) is 11.7 Å². The lowest BCUT2D eigenvalue weighted by Gasteiger charge is -2.32. The highest BCUT2D eigenvalue weighted by atomic mass is 32.1. The molecular weight excluding hydrogens is 380 g/mol. The minimum absolute atomic E-state index is 0.104. The van der Waals surface area contributed by atoms with E-state index in [1.54, 1.807) is 13.2 Å². The zero-order valence-electron chi connectivity index (χ0n) is 15.6. The molecule has 3 amide bonds. The van der Waals surface area contributed by atoms with Gasteiger partial charge in [0.2, 0.25) is 0 Å². The highest BCUT2D eigenvalue weighted by Crippen LogP contribution is 2.35. The molecule has 1 atom stereocenters. The number of amides is 3. The van der Waals surface area contributed by atoms with Gasteiger partial charge in [0.05, 0.1) is 24.9 Å². The van der Waals surface area contributed by atoms with Crippen molar-refractivity contribution in [2.24, 2.45) is 11.5 Å². The fourth-order valence-electron chi connectivity index (χ4n) is 3.16. The maximum Gasteiger partial charge on any atom is 0.317 e. The summed E-state index contributed by atoms with van der Waals surface area (Å²) < 4.78 is 10.9. The number of carbonyl (C=O) groups excluding carboxylic acids is 2. The molecular formula is C19H24N4O4S. The van der Waals surface area contributed by atoms with Crippen LogP contribution in [-0.2, 0) is 16.0 Å². The molecule has 1 aromatic carbocycles. The average Bonchev–Trinajstić information content (AvgIpc) is 3.06. The maximum absolute atomic E-state index is 11.6. The van der Waals surface area contributed by atoms with Crippen LogP contribution in [0.25, 0.3) is 10.4 Å². The number of methoxy groups -OCH3 is 1. The largest absolute Gasteiger partial charge is 0.382 e. The summed E-state index contributed by atoms with van der Waals surface area (Å²) in [5.74, 6) is -0.610. The van der Waals surface area contributed by atoms with Crippen molar-refractivity contribution >= 4 is 28.3 Å². The molecule has 2 aromatic rings. The first-order valence-electron chi connectivity index (χ1n) is 8.88. The van der Waals surface area contributed by atoms with Crippen molar-refractivity contribution in [3.05, 3.63) is 41.5 Å². The quantitative estimate of drug-likeness (QED) is 0.650. The van der Waals surface area contributed by atoms with E-state index in [2.05, 4.69) is 22.3 Å². The van der Waals surface area contributed by atoms with E-state index in [0.717, 1.165) is 30.1 Å². The number of urea groups is 1. The summed E-state index contributed by atoms with van der Waals surface area (Å²) in [6, 6.07) is 9.04.